The summed E-state index contributed by atoms with van der Waals surface area (Å²) >= 11 is 0. The maximum atomic E-state index is 10.6. The third kappa shape index (κ3) is 6.79. The number of amides is 1. The van der Waals surface area contributed by atoms with Gasteiger partial charge in [-0.05, 0) is 12.8 Å². The molecule has 0 aromatic heterocycles. The molecule has 0 aliphatic rings. The Kier molecular flexibility index (Phi) is 5.68. The van der Waals surface area contributed by atoms with E-state index < -0.39 is 5.09 Å². The van der Waals surface area contributed by atoms with E-state index in [1.165, 1.54) is 0 Å². The Bertz CT molecular complexity index is 160. The second-order valence-electron chi connectivity index (χ2n) is 2.19. The van der Waals surface area contributed by atoms with Gasteiger partial charge in [-0.1, -0.05) is 0 Å². The van der Waals surface area contributed by atoms with Crippen LogP contribution in [-0.2, 0) is 9.63 Å². The molecule has 0 spiro atoms. The van der Waals surface area contributed by atoms with Gasteiger partial charge in [-0.15, -0.1) is 10.1 Å². The van der Waals surface area contributed by atoms with Gasteiger partial charge in [0.05, 0.1) is 6.61 Å². The first-order chi connectivity index (χ1) is 5.66. The molecule has 0 aliphatic carbocycles. The van der Waals surface area contributed by atoms with E-state index in [-0.39, 0.29) is 12.5 Å². The first-order valence-electron chi connectivity index (χ1n) is 3.64. The number of hydrogen-bond acceptors (Lipinski definition) is 4. The number of nitrogens with one attached hydrogen (secondary N) is 1. The average molecular weight is 176 g/mol. The molecule has 0 heterocycles. The van der Waals surface area contributed by atoms with Crippen LogP contribution in [0.2, 0.25) is 0 Å². The van der Waals surface area contributed by atoms with Crippen molar-refractivity contribution < 1.29 is 14.7 Å². The summed E-state index contributed by atoms with van der Waals surface area (Å²) in [6, 6.07) is 0. The Labute approximate surface area is 70.0 Å². The Hall–Kier alpha value is -1.33. The first-order valence-corrected chi connectivity index (χ1v) is 3.64. The second-order valence-corrected chi connectivity index (χ2v) is 2.19. The van der Waals surface area contributed by atoms with Crippen molar-refractivity contribution >= 4 is 5.91 Å². The fraction of sp³-hybridized carbons (Fsp3) is 0.833. The average Bonchev–Trinajstić information content (AvgIpc) is 2.03. The topological polar surface area (TPSA) is 81.5 Å². The van der Waals surface area contributed by atoms with Gasteiger partial charge >= 0.3 is 0 Å². The molecule has 0 aromatic rings. The van der Waals surface area contributed by atoms with E-state index in [4.69, 9.17) is 0 Å². The minimum atomic E-state index is -0.833. The fourth-order valence-electron chi connectivity index (χ4n) is 0.652. The van der Waals surface area contributed by atoms with Gasteiger partial charge in [0.1, 0.15) is 0 Å². The van der Waals surface area contributed by atoms with Gasteiger partial charge in [0, 0.05) is 13.5 Å². The van der Waals surface area contributed by atoms with Crippen LogP contribution >= 0.6 is 0 Å². The molecule has 70 valence electrons. The van der Waals surface area contributed by atoms with Crippen molar-refractivity contribution in [2.24, 2.45) is 0 Å². The summed E-state index contributed by atoms with van der Waals surface area (Å²) in [5.74, 6) is -0.0592. The Morgan fingerprint density at radius 3 is 2.75 bits per heavy atom. The van der Waals surface area contributed by atoms with Crippen molar-refractivity contribution in [1.82, 2.24) is 5.32 Å². The number of hydrogen-bond donors (Lipinski definition) is 1. The van der Waals surface area contributed by atoms with Crippen molar-refractivity contribution in [2.75, 3.05) is 13.7 Å². The van der Waals surface area contributed by atoms with Crippen LogP contribution in [0.15, 0.2) is 0 Å². The van der Waals surface area contributed by atoms with Gasteiger partial charge in [0.25, 0.3) is 5.09 Å². The lowest BCUT2D eigenvalue weighted by Crippen LogP contribution is -2.17. The number of nitrogens with zero attached hydrogens (tertiary/aromatic N) is 1. The third-order valence-corrected chi connectivity index (χ3v) is 1.27. The van der Waals surface area contributed by atoms with Crippen molar-refractivity contribution in [3.8, 4) is 0 Å². The Morgan fingerprint density at radius 1 is 1.58 bits per heavy atom. The minimum Gasteiger partial charge on any atom is -0.359 e. The zero-order chi connectivity index (χ0) is 9.40. The summed E-state index contributed by atoms with van der Waals surface area (Å²) in [4.78, 5) is 24.3. The van der Waals surface area contributed by atoms with Crippen LogP contribution in [0.4, 0.5) is 0 Å². The molecule has 0 bridgehead atoms. The van der Waals surface area contributed by atoms with Crippen molar-refractivity contribution in [1.29, 1.82) is 0 Å². The van der Waals surface area contributed by atoms with Gasteiger partial charge in [-0.3, -0.25) is 4.79 Å². The third-order valence-electron chi connectivity index (χ3n) is 1.27. The van der Waals surface area contributed by atoms with E-state index in [0.29, 0.717) is 19.3 Å². The normalized spacial score (nSPS) is 9.08. The van der Waals surface area contributed by atoms with Crippen LogP contribution in [0.3, 0.4) is 0 Å². The molecule has 6 nitrogen and oxygen atoms in total. The second kappa shape index (κ2) is 6.38. The molecule has 0 saturated heterocycles. The van der Waals surface area contributed by atoms with Crippen molar-refractivity contribution in [3.05, 3.63) is 10.1 Å². The summed E-state index contributed by atoms with van der Waals surface area (Å²) in [6.07, 6.45) is 1.51. The van der Waals surface area contributed by atoms with Crippen LogP contribution in [0.1, 0.15) is 19.3 Å². The van der Waals surface area contributed by atoms with Crippen LogP contribution in [0, 0.1) is 10.1 Å². The Morgan fingerprint density at radius 2 is 2.25 bits per heavy atom. The highest BCUT2D eigenvalue weighted by Crippen LogP contribution is 1.95. The van der Waals surface area contributed by atoms with E-state index in [0.717, 1.165) is 0 Å². The molecule has 12 heavy (non-hydrogen) atoms. The van der Waals surface area contributed by atoms with Gasteiger partial charge in [-0.2, -0.15) is 0 Å². The fourth-order valence-corrected chi connectivity index (χ4v) is 0.652. The molecule has 1 N–H and O–H groups in total. The lowest BCUT2D eigenvalue weighted by molar-refractivity contribution is -0.757. The number of rotatable bonds is 6. The summed E-state index contributed by atoms with van der Waals surface area (Å²) in [7, 11) is 1.55. The standard InChI is InChI=1S/C6H12N2O4/c1-7-6(9)4-2-3-5-12-8(10)11/h2-5H2,1H3,(H,7,9). The molecule has 0 fully saturated rings. The largest absolute Gasteiger partial charge is 0.359 e. The zero-order valence-electron chi connectivity index (χ0n) is 6.91. The highest BCUT2D eigenvalue weighted by atomic mass is 16.9. The highest BCUT2D eigenvalue weighted by molar-refractivity contribution is 5.75. The summed E-state index contributed by atoms with van der Waals surface area (Å²) < 4.78 is 0. The van der Waals surface area contributed by atoms with Gasteiger partial charge < -0.3 is 10.2 Å². The van der Waals surface area contributed by atoms with Gasteiger partial charge in [-0.25, -0.2) is 0 Å². The zero-order valence-corrected chi connectivity index (χ0v) is 6.91. The molecule has 0 saturated carbocycles. The predicted octanol–water partition coefficient (Wildman–Crippen LogP) is 0.111. The summed E-state index contributed by atoms with van der Waals surface area (Å²) in [5, 5.41) is 11.3. The molecular weight excluding hydrogens is 164 g/mol. The maximum Gasteiger partial charge on any atom is 0.294 e. The molecule has 0 aliphatic heterocycles. The minimum absolute atomic E-state index is 0.0592. The maximum absolute atomic E-state index is 10.6. The van der Waals surface area contributed by atoms with Gasteiger partial charge in [0.2, 0.25) is 5.91 Å². The van der Waals surface area contributed by atoms with E-state index >= 15 is 0 Å². The predicted molar refractivity (Wildman–Crippen MR) is 40.9 cm³/mol. The Balaban J connectivity index is 3.11. The smallest absolute Gasteiger partial charge is 0.294 e. The van der Waals surface area contributed by atoms with Crippen LogP contribution in [0.5, 0.6) is 0 Å². The van der Waals surface area contributed by atoms with E-state index in [1.807, 2.05) is 0 Å². The molecule has 0 aromatic carbocycles. The molecule has 6 heteroatoms. The summed E-state index contributed by atoms with van der Waals surface area (Å²) in [5.41, 5.74) is 0. The monoisotopic (exact) mass is 176 g/mol. The molecular formula is C6H12N2O4. The molecule has 0 unspecified atom stereocenters. The molecule has 1 amide bonds. The summed E-state index contributed by atoms with van der Waals surface area (Å²) in [6.45, 7) is 0.0595. The van der Waals surface area contributed by atoms with E-state index in [1.54, 1.807) is 7.05 Å². The van der Waals surface area contributed by atoms with Crippen molar-refractivity contribution in [2.45, 2.75) is 19.3 Å². The van der Waals surface area contributed by atoms with Crippen LogP contribution < -0.4 is 5.32 Å². The lowest BCUT2D eigenvalue weighted by Gasteiger charge is -1.98. The number of unbranched alkanes of at least 4 members (excludes halogenated alkanes) is 1. The molecule has 0 rings (SSSR count). The van der Waals surface area contributed by atoms with E-state index in [9.17, 15) is 14.9 Å². The number of carbonyl (C=O) groups excluding carboxylic acids is 1. The van der Waals surface area contributed by atoms with Crippen LogP contribution in [0.25, 0.3) is 0 Å². The van der Waals surface area contributed by atoms with Gasteiger partial charge in [0.15, 0.2) is 0 Å². The van der Waals surface area contributed by atoms with Crippen LogP contribution in [-0.4, -0.2) is 24.6 Å². The number of carbonyl (C=O) groups is 1. The first kappa shape index (κ1) is 10.7. The molecule has 0 radical (unpaired) electrons. The SMILES string of the molecule is CNC(=O)CCCCO[N+](=O)[O-]. The quantitative estimate of drug-likeness (QED) is 0.354. The highest BCUT2D eigenvalue weighted by Gasteiger charge is 1.98. The van der Waals surface area contributed by atoms with Crippen molar-refractivity contribution in [3.63, 3.8) is 0 Å². The lowest BCUT2D eigenvalue weighted by atomic mass is 10.2. The van der Waals surface area contributed by atoms with E-state index in [2.05, 4.69) is 10.2 Å². The molecule has 0 atom stereocenters.